The van der Waals surface area contributed by atoms with E-state index >= 15 is 0 Å². The molecular weight excluding hydrogens is 184 g/mol. The molecule has 1 aliphatic carbocycles. The first-order chi connectivity index (χ1) is 7.13. The van der Waals surface area contributed by atoms with Crippen molar-refractivity contribution in [1.82, 2.24) is 0 Å². The second-order valence-corrected chi connectivity index (χ2v) is 4.54. The van der Waals surface area contributed by atoms with Gasteiger partial charge in [0, 0.05) is 0 Å². The predicted molar refractivity (Wildman–Crippen MR) is 62.9 cm³/mol. The van der Waals surface area contributed by atoms with Gasteiger partial charge in [-0.15, -0.1) is 0 Å². The van der Waals surface area contributed by atoms with Gasteiger partial charge in [-0.25, -0.2) is 0 Å². The summed E-state index contributed by atoms with van der Waals surface area (Å²) >= 11 is 0. The van der Waals surface area contributed by atoms with Gasteiger partial charge in [0.2, 0.25) is 0 Å². The number of aryl methyl sites for hydroxylation is 2. The number of aliphatic hydroxyl groups is 1. The molecule has 0 aliphatic heterocycles. The van der Waals surface area contributed by atoms with Crippen LogP contribution in [0.1, 0.15) is 36.5 Å². The Morgan fingerprint density at radius 1 is 1.27 bits per heavy atom. The molecule has 0 spiro atoms. The molecule has 1 atom stereocenters. The standard InChI is InChI=1S/C14H18O/c1-3-14(2,15)13-9-8-11-6-4-5-7-12(11)10-13/h3,8-10,15H,1,4-7H2,2H3. The monoisotopic (exact) mass is 202 g/mol. The molecule has 0 aromatic heterocycles. The van der Waals surface area contributed by atoms with E-state index in [1.807, 2.05) is 6.07 Å². The number of hydrogen-bond donors (Lipinski definition) is 1. The van der Waals surface area contributed by atoms with E-state index in [1.165, 1.54) is 30.4 Å². The Morgan fingerprint density at radius 2 is 1.93 bits per heavy atom. The summed E-state index contributed by atoms with van der Waals surface area (Å²) in [7, 11) is 0. The molecular formula is C14H18O. The van der Waals surface area contributed by atoms with E-state index in [0.29, 0.717) is 0 Å². The minimum Gasteiger partial charge on any atom is -0.381 e. The van der Waals surface area contributed by atoms with E-state index in [2.05, 4.69) is 18.7 Å². The molecule has 1 unspecified atom stereocenters. The van der Waals surface area contributed by atoms with Crippen LogP contribution < -0.4 is 0 Å². The van der Waals surface area contributed by atoms with Crippen LogP contribution in [0.2, 0.25) is 0 Å². The predicted octanol–water partition coefficient (Wildman–Crippen LogP) is 2.96. The molecule has 1 aromatic carbocycles. The third kappa shape index (κ3) is 1.98. The van der Waals surface area contributed by atoms with E-state index in [1.54, 1.807) is 13.0 Å². The highest BCUT2D eigenvalue weighted by Crippen LogP contribution is 2.27. The van der Waals surface area contributed by atoms with Gasteiger partial charge in [0.05, 0.1) is 0 Å². The third-order valence-electron chi connectivity index (χ3n) is 3.33. The molecule has 0 heterocycles. The lowest BCUT2D eigenvalue weighted by Gasteiger charge is -2.23. The topological polar surface area (TPSA) is 20.2 Å². The maximum atomic E-state index is 10.1. The maximum absolute atomic E-state index is 10.1. The van der Waals surface area contributed by atoms with Crippen LogP contribution in [0.15, 0.2) is 30.9 Å². The minimum atomic E-state index is -0.896. The zero-order valence-electron chi connectivity index (χ0n) is 9.29. The van der Waals surface area contributed by atoms with Crippen molar-refractivity contribution in [2.24, 2.45) is 0 Å². The van der Waals surface area contributed by atoms with Gasteiger partial charge >= 0.3 is 0 Å². The van der Waals surface area contributed by atoms with Crippen molar-refractivity contribution in [2.45, 2.75) is 38.2 Å². The Labute approximate surface area is 91.4 Å². The van der Waals surface area contributed by atoms with Crippen LogP contribution in [-0.2, 0) is 18.4 Å². The molecule has 0 bridgehead atoms. The van der Waals surface area contributed by atoms with Crippen molar-refractivity contribution in [2.75, 3.05) is 0 Å². The zero-order valence-corrected chi connectivity index (χ0v) is 9.29. The first-order valence-electron chi connectivity index (χ1n) is 5.62. The summed E-state index contributed by atoms with van der Waals surface area (Å²) in [5.74, 6) is 0. The van der Waals surface area contributed by atoms with Gasteiger partial charge in [0.15, 0.2) is 0 Å². The van der Waals surface area contributed by atoms with Crippen LogP contribution in [0.3, 0.4) is 0 Å². The van der Waals surface area contributed by atoms with Crippen LogP contribution in [0.5, 0.6) is 0 Å². The quantitative estimate of drug-likeness (QED) is 0.731. The normalized spacial score (nSPS) is 19.1. The summed E-state index contributed by atoms with van der Waals surface area (Å²) < 4.78 is 0. The van der Waals surface area contributed by atoms with Gasteiger partial charge in [-0.2, -0.15) is 0 Å². The molecule has 0 saturated carbocycles. The lowest BCUT2D eigenvalue weighted by Crippen LogP contribution is -2.18. The van der Waals surface area contributed by atoms with Crippen LogP contribution in [-0.4, -0.2) is 5.11 Å². The Hall–Kier alpha value is -1.08. The first-order valence-corrected chi connectivity index (χ1v) is 5.62. The molecule has 15 heavy (non-hydrogen) atoms. The molecule has 0 saturated heterocycles. The molecule has 0 amide bonds. The lowest BCUT2D eigenvalue weighted by atomic mass is 9.86. The fraction of sp³-hybridized carbons (Fsp3) is 0.429. The minimum absolute atomic E-state index is 0.896. The van der Waals surface area contributed by atoms with Gasteiger partial charge in [-0.1, -0.05) is 30.9 Å². The highest BCUT2D eigenvalue weighted by Gasteiger charge is 2.20. The highest BCUT2D eigenvalue weighted by molar-refractivity contribution is 5.37. The molecule has 1 aliphatic rings. The Kier molecular flexibility index (Phi) is 2.66. The van der Waals surface area contributed by atoms with Crippen molar-refractivity contribution in [1.29, 1.82) is 0 Å². The fourth-order valence-electron chi connectivity index (χ4n) is 2.17. The number of benzene rings is 1. The van der Waals surface area contributed by atoms with E-state index in [4.69, 9.17) is 0 Å². The number of fused-ring (bicyclic) bond motifs is 1. The molecule has 0 radical (unpaired) electrons. The highest BCUT2D eigenvalue weighted by atomic mass is 16.3. The Balaban J connectivity index is 2.40. The second-order valence-electron chi connectivity index (χ2n) is 4.54. The Morgan fingerprint density at radius 3 is 2.60 bits per heavy atom. The summed E-state index contributed by atoms with van der Waals surface area (Å²) in [6.07, 6.45) is 6.50. The summed E-state index contributed by atoms with van der Waals surface area (Å²) in [5.41, 5.74) is 2.91. The van der Waals surface area contributed by atoms with Crippen molar-refractivity contribution < 1.29 is 5.11 Å². The van der Waals surface area contributed by atoms with Gasteiger partial charge in [-0.05, 0) is 49.3 Å². The van der Waals surface area contributed by atoms with Gasteiger partial charge in [0.1, 0.15) is 5.60 Å². The molecule has 1 nitrogen and oxygen atoms in total. The zero-order chi connectivity index (χ0) is 10.9. The van der Waals surface area contributed by atoms with Crippen LogP contribution >= 0.6 is 0 Å². The molecule has 0 fully saturated rings. The van der Waals surface area contributed by atoms with Crippen molar-refractivity contribution in [3.8, 4) is 0 Å². The number of hydrogen-bond acceptors (Lipinski definition) is 1. The SMILES string of the molecule is C=CC(C)(O)c1ccc2c(c1)CCCC2. The van der Waals surface area contributed by atoms with Crippen LogP contribution in [0, 0.1) is 0 Å². The summed E-state index contributed by atoms with van der Waals surface area (Å²) in [6.45, 7) is 5.45. The van der Waals surface area contributed by atoms with E-state index in [-0.39, 0.29) is 0 Å². The maximum Gasteiger partial charge on any atom is 0.105 e. The van der Waals surface area contributed by atoms with Crippen molar-refractivity contribution >= 4 is 0 Å². The third-order valence-corrected chi connectivity index (χ3v) is 3.33. The summed E-state index contributed by atoms with van der Waals surface area (Å²) in [4.78, 5) is 0. The molecule has 1 aromatic rings. The van der Waals surface area contributed by atoms with E-state index < -0.39 is 5.60 Å². The lowest BCUT2D eigenvalue weighted by molar-refractivity contribution is 0.111. The second kappa shape index (κ2) is 3.82. The molecule has 1 heteroatoms. The van der Waals surface area contributed by atoms with Gasteiger partial charge < -0.3 is 5.11 Å². The largest absolute Gasteiger partial charge is 0.381 e. The first kappa shape index (κ1) is 10.4. The van der Waals surface area contributed by atoms with Crippen molar-refractivity contribution in [3.63, 3.8) is 0 Å². The van der Waals surface area contributed by atoms with E-state index in [0.717, 1.165) is 12.0 Å². The summed E-state index contributed by atoms with van der Waals surface area (Å²) in [6, 6.07) is 6.31. The van der Waals surface area contributed by atoms with Crippen LogP contribution in [0.25, 0.3) is 0 Å². The summed E-state index contributed by atoms with van der Waals surface area (Å²) in [5, 5.41) is 10.1. The smallest absolute Gasteiger partial charge is 0.105 e. The van der Waals surface area contributed by atoms with Gasteiger partial charge in [-0.3, -0.25) is 0 Å². The Bertz CT molecular complexity index is 377. The number of rotatable bonds is 2. The van der Waals surface area contributed by atoms with Crippen molar-refractivity contribution in [3.05, 3.63) is 47.5 Å². The van der Waals surface area contributed by atoms with Gasteiger partial charge in [0.25, 0.3) is 0 Å². The molecule has 2 rings (SSSR count). The average Bonchev–Trinajstić information content (AvgIpc) is 2.28. The molecule has 1 N–H and O–H groups in total. The fourth-order valence-corrected chi connectivity index (χ4v) is 2.17. The van der Waals surface area contributed by atoms with E-state index in [9.17, 15) is 5.11 Å². The average molecular weight is 202 g/mol. The van der Waals surface area contributed by atoms with Crippen LogP contribution in [0.4, 0.5) is 0 Å². The molecule has 80 valence electrons.